The first-order valence-electron chi connectivity index (χ1n) is 5.42. The van der Waals surface area contributed by atoms with E-state index in [9.17, 15) is 9.18 Å². The molecule has 6 heteroatoms. The smallest absolute Gasteiger partial charge is 0.234 e. The molecule has 0 aliphatic heterocycles. The lowest BCUT2D eigenvalue weighted by Crippen LogP contribution is -2.30. The average molecular weight is 251 g/mol. The summed E-state index contributed by atoms with van der Waals surface area (Å²) in [7, 11) is 0. The monoisotopic (exact) mass is 251 g/mol. The molecule has 0 saturated heterocycles. The van der Waals surface area contributed by atoms with Crippen molar-refractivity contribution in [3.63, 3.8) is 0 Å². The Morgan fingerprint density at radius 1 is 1.67 bits per heavy atom. The Morgan fingerprint density at radius 2 is 2.39 bits per heavy atom. The number of hydrogen-bond donors (Lipinski definition) is 2. The molecule has 0 saturated carbocycles. The normalized spacial score (nSPS) is 11.4. The maximum Gasteiger partial charge on any atom is 0.234 e. The Morgan fingerprint density at radius 3 is 2.94 bits per heavy atom. The van der Waals surface area contributed by atoms with Crippen molar-refractivity contribution in [1.29, 1.82) is 5.26 Å². The summed E-state index contributed by atoms with van der Waals surface area (Å²) in [5, 5.41) is 8.58. The van der Waals surface area contributed by atoms with Gasteiger partial charge in [0, 0.05) is 12.5 Å². The van der Waals surface area contributed by atoms with Crippen LogP contribution in [0.3, 0.4) is 0 Å². The minimum atomic E-state index is -0.623. The van der Waals surface area contributed by atoms with E-state index in [2.05, 4.69) is 0 Å². The summed E-state index contributed by atoms with van der Waals surface area (Å²) in [5.41, 5.74) is 1.99. The number of carbonyl (C=O) groups excluding carboxylic acids is 1. The molecule has 1 rings (SSSR count). The van der Waals surface area contributed by atoms with Gasteiger partial charge in [0.2, 0.25) is 5.91 Å². The molecule has 0 radical (unpaired) electrons. The summed E-state index contributed by atoms with van der Waals surface area (Å²) in [6.07, 6.45) is 0.441. The molecule has 1 amide bonds. The molecule has 5 nitrogen and oxygen atoms in total. The van der Waals surface area contributed by atoms with Crippen LogP contribution in [-0.2, 0) is 4.79 Å². The summed E-state index contributed by atoms with van der Waals surface area (Å²) in [6.45, 7) is 1.76. The van der Waals surface area contributed by atoms with Crippen LogP contribution in [0.25, 0.3) is 0 Å². The van der Waals surface area contributed by atoms with E-state index in [1.165, 1.54) is 12.1 Å². The van der Waals surface area contributed by atoms with Gasteiger partial charge in [-0.3, -0.25) is 10.2 Å². The number of nitrogens with one attached hydrogen (secondary N) is 1. The molecule has 0 heterocycles. The fourth-order valence-corrected chi connectivity index (χ4v) is 1.36. The average Bonchev–Trinajstić information content (AvgIpc) is 2.36. The summed E-state index contributed by atoms with van der Waals surface area (Å²) < 4.78 is 18.7. The highest BCUT2D eigenvalue weighted by Crippen LogP contribution is 2.18. The van der Waals surface area contributed by atoms with Gasteiger partial charge in [-0.05, 0) is 25.5 Å². The molecular formula is C12H14FN3O2. The number of nitrogens with two attached hydrogens (primary N) is 1. The van der Waals surface area contributed by atoms with Crippen LogP contribution in [0.15, 0.2) is 18.2 Å². The van der Waals surface area contributed by atoms with Crippen molar-refractivity contribution in [2.75, 3.05) is 0 Å². The Labute approximate surface area is 104 Å². The quantitative estimate of drug-likeness (QED) is 0.468. The first-order valence-corrected chi connectivity index (χ1v) is 5.42. The number of ether oxygens (including phenoxy) is 1. The Balaban J connectivity index is 2.54. The van der Waals surface area contributed by atoms with Crippen molar-refractivity contribution in [1.82, 2.24) is 5.43 Å². The second-order valence-electron chi connectivity index (χ2n) is 3.79. The lowest BCUT2D eigenvalue weighted by molar-refractivity contribution is -0.121. The van der Waals surface area contributed by atoms with E-state index < -0.39 is 5.82 Å². The minimum Gasteiger partial charge on any atom is -0.491 e. The van der Waals surface area contributed by atoms with E-state index in [1.807, 2.05) is 5.43 Å². The van der Waals surface area contributed by atoms with Gasteiger partial charge in [-0.15, -0.1) is 0 Å². The number of carbonyl (C=O) groups is 1. The zero-order chi connectivity index (χ0) is 13.5. The summed E-state index contributed by atoms with van der Waals surface area (Å²) in [6, 6.07) is 5.74. The van der Waals surface area contributed by atoms with Crippen LogP contribution in [0, 0.1) is 17.1 Å². The molecule has 0 spiro atoms. The Bertz CT molecular complexity index is 471. The van der Waals surface area contributed by atoms with E-state index in [0.717, 1.165) is 6.07 Å². The maximum atomic E-state index is 13.3. The first kappa shape index (κ1) is 13.9. The van der Waals surface area contributed by atoms with Crippen molar-refractivity contribution in [2.45, 2.75) is 25.9 Å². The maximum absolute atomic E-state index is 13.3. The van der Waals surface area contributed by atoms with Gasteiger partial charge >= 0.3 is 0 Å². The molecule has 0 aliphatic carbocycles. The molecule has 1 unspecified atom stereocenters. The third-order valence-electron chi connectivity index (χ3n) is 2.34. The molecule has 1 atom stereocenters. The van der Waals surface area contributed by atoms with Crippen molar-refractivity contribution in [2.24, 2.45) is 5.84 Å². The number of hydrazine groups is 1. The molecule has 3 N–H and O–H groups in total. The van der Waals surface area contributed by atoms with Gasteiger partial charge in [0.15, 0.2) is 0 Å². The van der Waals surface area contributed by atoms with Crippen LogP contribution in [0.2, 0.25) is 0 Å². The van der Waals surface area contributed by atoms with Gasteiger partial charge in [-0.2, -0.15) is 5.26 Å². The number of halogens is 1. The lowest BCUT2D eigenvalue weighted by Gasteiger charge is -2.14. The fourth-order valence-electron chi connectivity index (χ4n) is 1.36. The SMILES string of the molecule is CC(CCC(=O)NN)Oc1ccc(C#N)c(F)c1. The predicted octanol–water partition coefficient (Wildman–Crippen LogP) is 1.23. The highest BCUT2D eigenvalue weighted by molar-refractivity contribution is 5.75. The predicted molar refractivity (Wildman–Crippen MR) is 62.8 cm³/mol. The van der Waals surface area contributed by atoms with Crippen LogP contribution < -0.4 is 16.0 Å². The van der Waals surface area contributed by atoms with Crippen molar-refractivity contribution >= 4 is 5.91 Å². The second-order valence-corrected chi connectivity index (χ2v) is 3.79. The van der Waals surface area contributed by atoms with Crippen LogP contribution in [0.5, 0.6) is 5.75 Å². The standard InChI is InChI=1S/C12H14FN3O2/c1-8(2-5-12(17)16-15)18-10-4-3-9(7-14)11(13)6-10/h3-4,6,8H,2,5,15H2,1H3,(H,16,17). The number of benzene rings is 1. The minimum absolute atomic E-state index is 0.0301. The number of amides is 1. The Kier molecular flexibility index (Phi) is 5.08. The summed E-state index contributed by atoms with van der Waals surface area (Å²) >= 11 is 0. The zero-order valence-corrected chi connectivity index (χ0v) is 9.94. The van der Waals surface area contributed by atoms with E-state index in [4.69, 9.17) is 15.8 Å². The van der Waals surface area contributed by atoms with Crippen LogP contribution in [0.4, 0.5) is 4.39 Å². The largest absolute Gasteiger partial charge is 0.491 e. The van der Waals surface area contributed by atoms with Crippen LogP contribution >= 0.6 is 0 Å². The first-order chi connectivity index (χ1) is 8.56. The molecule has 18 heavy (non-hydrogen) atoms. The lowest BCUT2D eigenvalue weighted by atomic mass is 10.2. The van der Waals surface area contributed by atoms with E-state index in [-0.39, 0.29) is 24.0 Å². The van der Waals surface area contributed by atoms with Gasteiger partial charge in [0.1, 0.15) is 17.6 Å². The highest BCUT2D eigenvalue weighted by atomic mass is 19.1. The summed E-state index contributed by atoms with van der Waals surface area (Å²) in [4.78, 5) is 10.9. The molecule has 1 aromatic carbocycles. The van der Waals surface area contributed by atoms with Crippen molar-refractivity contribution in [3.8, 4) is 11.8 Å². The van der Waals surface area contributed by atoms with E-state index in [0.29, 0.717) is 12.2 Å². The fraction of sp³-hybridized carbons (Fsp3) is 0.333. The topological polar surface area (TPSA) is 88.1 Å². The molecule has 0 aliphatic rings. The van der Waals surface area contributed by atoms with Gasteiger partial charge < -0.3 is 4.74 Å². The van der Waals surface area contributed by atoms with Crippen molar-refractivity contribution in [3.05, 3.63) is 29.6 Å². The van der Waals surface area contributed by atoms with Crippen LogP contribution in [0.1, 0.15) is 25.3 Å². The molecular weight excluding hydrogens is 237 g/mol. The number of nitrogens with zero attached hydrogens (tertiary/aromatic N) is 1. The number of nitriles is 1. The van der Waals surface area contributed by atoms with Gasteiger partial charge in [-0.25, -0.2) is 10.2 Å². The number of rotatable bonds is 5. The number of hydrogen-bond acceptors (Lipinski definition) is 4. The third-order valence-corrected chi connectivity index (χ3v) is 2.34. The molecule has 96 valence electrons. The summed E-state index contributed by atoms with van der Waals surface area (Å²) in [5.74, 6) is 4.36. The van der Waals surface area contributed by atoms with Crippen molar-refractivity contribution < 1.29 is 13.9 Å². The molecule has 0 bridgehead atoms. The molecule has 1 aromatic rings. The third kappa shape index (κ3) is 4.03. The Hall–Kier alpha value is -2.13. The second kappa shape index (κ2) is 6.57. The van der Waals surface area contributed by atoms with E-state index in [1.54, 1.807) is 13.0 Å². The van der Waals surface area contributed by atoms with E-state index >= 15 is 0 Å². The molecule has 0 fully saturated rings. The molecule has 0 aromatic heterocycles. The van der Waals surface area contributed by atoms with Gasteiger partial charge in [0.05, 0.1) is 11.7 Å². The van der Waals surface area contributed by atoms with Gasteiger partial charge in [-0.1, -0.05) is 0 Å². The van der Waals surface area contributed by atoms with Crippen LogP contribution in [-0.4, -0.2) is 12.0 Å². The highest BCUT2D eigenvalue weighted by Gasteiger charge is 2.09. The zero-order valence-electron chi connectivity index (χ0n) is 9.94. The van der Waals surface area contributed by atoms with Gasteiger partial charge in [0.25, 0.3) is 0 Å².